The molecule has 0 aromatic carbocycles. The van der Waals surface area contributed by atoms with Crippen LogP contribution in [-0.2, 0) is 20.2 Å². The van der Waals surface area contributed by atoms with E-state index in [1.165, 1.54) is 13.8 Å². The van der Waals surface area contributed by atoms with Crippen molar-refractivity contribution in [2.24, 2.45) is 0 Å². The van der Waals surface area contributed by atoms with Crippen molar-refractivity contribution in [3.63, 3.8) is 0 Å². The van der Waals surface area contributed by atoms with Gasteiger partial charge in [0.25, 0.3) is 10.2 Å². The van der Waals surface area contributed by atoms with E-state index in [0.717, 1.165) is 0 Å². The number of alkyl halides is 3. The van der Waals surface area contributed by atoms with E-state index in [9.17, 15) is 35.2 Å². The Kier molecular flexibility index (Phi) is 4.93. The molecule has 0 atom stereocenters. The molecule has 0 saturated heterocycles. The van der Waals surface area contributed by atoms with Crippen LogP contribution in [0.2, 0.25) is 0 Å². The molecule has 0 bridgehead atoms. The Morgan fingerprint density at radius 3 is 1.65 bits per heavy atom. The number of sulfonamides is 1. The Morgan fingerprint density at radius 1 is 1.06 bits per heavy atom. The standard InChI is InChI=1S/C5H10F3N2O5S2/c1-3-9(4-2)17(14,15)10(11)16(12,13)5(6,7)8/h3-4H2,1-2H3/q-1. The molecule has 0 aliphatic rings. The molecule has 7 nitrogen and oxygen atoms in total. The van der Waals surface area contributed by atoms with Crippen molar-refractivity contribution in [1.29, 1.82) is 0 Å². The maximum absolute atomic E-state index is 12.0. The number of hydrogen-bond donors (Lipinski definition) is 0. The molecule has 0 amide bonds. The molecule has 0 aromatic rings. The first kappa shape index (κ1) is 16.6. The fraction of sp³-hybridized carbons (Fsp3) is 1.00. The highest BCUT2D eigenvalue weighted by atomic mass is 32.3. The predicted octanol–water partition coefficient (Wildman–Crippen LogP) is 0.222. The fourth-order valence-electron chi connectivity index (χ4n) is 0.853. The van der Waals surface area contributed by atoms with Gasteiger partial charge in [0.2, 0.25) is 0 Å². The van der Waals surface area contributed by atoms with E-state index in [1.54, 1.807) is 0 Å². The number of halogens is 3. The van der Waals surface area contributed by atoms with Gasteiger partial charge in [0.05, 0.1) is 0 Å². The van der Waals surface area contributed by atoms with E-state index in [-0.39, 0.29) is 13.1 Å². The van der Waals surface area contributed by atoms with Crippen molar-refractivity contribution >= 4 is 20.2 Å². The molecule has 0 aromatic heterocycles. The Balaban J connectivity index is 5.56. The molecular weight excluding hydrogens is 289 g/mol. The molecule has 0 aliphatic carbocycles. The third-order valence-corrected chi connectivity index (χ3v) is 5.39. The van der Waals surface area contributed by atoms with E-state index >= 15 is 0 Å². The number of rotatable bonds is 5. The van der Waals surface area contributed by atoms with Crippen LogP contribution in [0.1, 0.15) is 13.8 Å². The van der Waals surface area contributed by atoms with Crippen LogP contribution in [0.25, 0.3) is 0 Å². The van der Waals surface area contributed by atoms with Gasteiger partial charge < -0.3 is 5.21 Å². The molecule has 0 rings (SSSR count). The average Bonchev–Trinajstić information content (AvgIpc) is 2.16. The normalized spacial score (nSPS) is 14.6. The summed E-state index contributed by atoms with van der Waals surface area (Å²) >= 11 is 0. The Bertz CT molecular complexity index is 452. The van der Waals surface area contributed by atoms with Crippen molar-refractivity contribution in [1.82, 2.24) is 8.18 Å². The van der Waals surface area contributed by atoms with Gasteiger partial charge >= 0.3 is 15.5 Å². The Morgan fingerprint density at radius 2 is 1.41 bits per heavy atom. The Hall–Kier alpha value is -0.430. The molecule has 0 spiro atoms. The molecule has 0 heterocycles. The van der Waals surface area contributed by atoms with Gasteiger partial charge in [-0.15, -0.1) is 3.87 Å². The van der Waals surface area contributed by atoms with Crippen molar-refractivity contribution < 1.29 is 30.0 Å². The van der Waals surface area contributed by atoms with Crippen LogP contribution in [0.5, 0.6) is 0 Å². The molecule has 0 fully saturated rings. The smallest absolute Gasteiger partial charge is 0.511 e. The monoisotopic (exact) mass is 299 g/mol. The van der Waals surface area contributed by atoms with Crippen LogP contribution < -0.4 is 0 Å². The molecule has 12 heteroatoms. The van der Waals surface area contributed by atoms with E-state index in [2.05, 4.69) is 0 Å². The van der Waals surface area contributed by atoms with E-state index < -0.39 is 29.6 Å². The molecule has 104 valence electrons. The molecule has 0 N–H and O–H groups in total. The van der Waals surface area contributed by atoms with Crippen LogP contribution >= 0.6 is 0 Å². The van der Waals surface area contributed by atoms with Crippen LogP contribution in [0.15, 0.2) is 0 Å². The lowest BCUT2D eigenvalue weighted by atomic mass is 10.7. The van der Waals surface area contributed by atoms with Gasteiger partial charge in [-0.05, 0) is 0 Å². The first-order valence-electron chi connectivity index (χ1n) is 4.21. The molecule has 17 heavy (non-hydrogen) atoms. The Labute approximate surface area is 96.6 Å². The maximum Gasteiger partial charge on any atom is 0.511 e. The summed E-state index contributed by atoms with van der Waals surface area (Å²) in [6, 6.07) is 0. The predicted molar refractivity (Wildman–Crippen MR) is 52.0 cm³/mol. The van der Waals surface area contributed by atoms with Gasteiger partial charge in [0, 0.05) is 13.1 Å². The summed E-state index contributed by atoms with van der Waals surface area (Å²) in [5.74, 6) is 0. The summed E-state index contributed by atoms with van der Waals surface area (Å²) in [5, 5.41) is 10.9. The second kappa shape index (κ2) is 5.06. The third kappa shape index (κ3) is 3.07. The summed E-state index contributed by atoms with van der Waals surface area (Å²) in [6.07, 6.45) is 0. The zero-order chi connectivity index (χ0) is 14.1. The SMILES string of the molecule is CCN(CC)S(=O)(=O)N([O-])S(=O)(=O)C(F)(F)F. The first-order chi connectivity index (χ1) is 7.42. The highest BCUT2D eigenvalue weighted by Gasteiger charge is 2.51. The summed E-state index contributed by atoms with van der Waals surface area (Å²) in [4.78, 5) is 0. The van der Waals surface area contributed by atoms with Gasteiger partial charge in [0.15, 0.2) is 0 Å². The zero-order valence-electron chi connectivity index (χ0n) is 8.80. The fourth-order valence-corrected chi connectivity index (χ4v) is 3.39. The average molecular weight is 299 g/mol. The lowest BCUT2D eigenvalue weighted by Crippen LogP contribution is -2.47. The van der Waals surface area contributed by atoms with Gasteiger partial charge in [0.1, 0.15) is 0 Å². The second-order valence-electron chi connectivity index (χ2n) is 2.71. The largest absolute Gasteiger partial charge is 0.758 e. The molecule has 0 radical (unpaired) electrons. The van der Waals surface area contributed by atoms with E-state index in [1.807, 2.05) is 0 Å². The topological polar surface area (TPSA) is 97.8 Å². The zero-order valence-corrected chi connectivity index (χ0v) is 10.4. The highest BCUT2D eigenvalue weighted by Crippen LogP contribution is 2.28. The summed E-state index contributed by atoms with van der Waals surface area (Å²) in [5.41, 5.74) is -5.96. The van der Waals surface area contributed by atoms with Crippen LogP contribution in [0, 0.1) is 5.21 Å². The second-order valence-corrected chi connectivity index (χ2v) is 6.43. The molecule has 0 unspecified atom stereocenters. The van der Waals surface area contributed by atoms with Crippen LogP contribution in [0.4, 0.5) is 13.2 Å². The summed E-state index contributed by atoms with van der Waals surface area (Å²) in [6.45, 7) is 1.83. The highest BCUT2D eigenvalue weighted by molar-refractivity contribution is 8.03. The molecule has 0 aliphatic heterocycles. The third-order valence-electron chi connectivity index (χ3n) is 1.71. The lowest BCUT2D eigenvalue weighted by Gasteiger charge is -2.31. The minimum atomic E-state index is -6.45. The van der Waals surface area contributed by atoms with Crippen LogP contribution in [0.3, 0.4) is 0 Å². The lowest BCUT2D eigenvalue weighted by molar-refractivity contribution is -0.0463. The van der Waals surface area contributed by atoms with Crippen molar-refractivity contribution in [3.05, 3.63) is 5.21 Å². The minimum Gasteiger partial charge on any atom is -0.758 e. The first-order valence-corrected chi connectivity index (χ1v) is 7.05. The summed E-state index contributed by atoms with van der Waals surface area (Å²) in [7, 11) is -11.7. The van der Waals surface area contributed by atoms with Crippen molar-refractivity contribution in [2.75, 3.05) is 13.1 Å². The summed E-state index contributed by atoms with van der Waals surface area (Å²) < 4.78 is 78.0. The minimum absolute atomic E-state index is 0.295. The van der Waals surface area contributed by atoms with E-state index in [0.29, 0.717) is 4.31 Å². The van der Waals surface area contributed by atoms with Gasteiger partial charge in [-0.25, -0.2) is 8.42 Å². The van der Waals surface area contributed by atoms with Crippen molar-refractivity contribution in [3.8, 4) is 0 Å². The van der Waals surface area contributed by atoms with Crippen molar-refractivity contribution in [2.45, 2.75) is 19.4 Å². The van der Waals surface area contributed by atoms with Gasteiger partial charge in [-0.2, -0.15) is 25.9 Å². The van der Waals surface area contributed by atoms with Gasteiger partial charge in [-0.3, -0.25) is 0 Å². The van der Waals surface area contributed by atoms with E-state index in [4.69, 9.17) is 0 Å². The molecular formula is C5H10F3N2O5S2-. The number of nitrogens with zero attached hydrogens (tertiary/aromatic N) is 2. The van der Waals surface area contributed by atoms with Gasteiger partial charge in [-0.1, -0.05) is 13.8 Å². The molecule has 0 saturated carbocycles. The van der Waals surface area contributed by atoms with Crippen LogP contribution in [-0.4, -0.2) is 43.6 Å². The number of hydrogen-bond acceptors (Lipinski definition) is 5. The maximum atomic E-state index is 12.0. The quantitative estimate of drug-likeness (QED) is 0.676.